The number of rotatable bonds is 3. The molecule has 2 rings (SSSR count). The van der Waals surface area contributed by atoms with E-state index in [0.29, 0.717) is 0 Å². The van der Waals surface area contributed by atoms with Gasteiger partial charge in [0.25, 0.3) is 11.6 Å². The molecule has 0 radical (unpaired) electrons. The highest BCUT2D eigenvalue weighted by Gasteiger charge is 2.40. The molecule has 2 N–H and O–H groups in total. The monoisotopic (exact) mass is 294 g/mol. The molecule has 1 aliphatic heterocycles. The minimum atomic E-state index is -1.21. The van der Waals surface area contributed by atoms with Gasteiger partial charge in [-0.05, 0) is 13.0 Å². The van der Waals surface area contributed by atoms with Gasteiger partial charge in [0.05, 0.1) is 11.0 Å². The standard InChI is InChI=1S/C13H14N2O6/c1-7-9(3-2-4-10(7)15(20)21)12(17)14-6-8(16)5-11(14)13(18)19/h2-4,8,11,16H,5-6H2,1H3,(H,18,19)/t8-,11-/m1/s1. The fourth-order valence-electron chi connectivity index (χ4n) is 2.48. The molecule has 0 spiro atoms. The number of likely N-dealkylation sites (tertiary alicyclic amines) is 1. The van der Waals surface area contributed by atoms with Crippen LogP contribution in [-0.2, 0) is 4.79 Å². The molecule has 8 nitrogen and oxygen atoms in total. The van der Waals surface area contributed by atoms with Gasteiger partial charge in [0.1, 0.15) is 6.04 Å². The molecule has 21 heavy (non-hydrogen) atoms. The number of carboxylic acids is 1. The first-order chi connectivity index (χ1) is 9.82. The predicted octanol–water partition coefficient (Wildman–Crippen LogP) is 0.563. The van der Waals surface area contributed by atoms with Crippen molar-refractivity contribution >= 4 is 17.6 Å². The number of carbonyl (C=O) groups excluding carboxylic acids is 1. The van der Waals surface area contributed by atoms with Gasteiger partial charge in [-0.25, -0.2) is 4.79 Å². The summed E-state index contributed by atoms with van der Waals surface area (Å²) in [6.07, 6.45) is -0.955. The van der Waals surface area contributed by atoms with E-state index < -0.39 is 28.9 Å². The lowest BCUT2D eigenvalue weighted by Gasteiger charge is -2.21. The van der Waals surface area contributed by atoms with Crippen LogP contribution in [0.3, 0.4) is 0 Å². The zero-order chi connectivity index (χ0) is 15.7. The van der Waals surface area contributed by atoms with Crippen molar-refractivity contribution in [2.75, 3.05) is 6.54 Å². The second-order valence-corrected chi connectivity index (χ2v) is 4.91. The summed E-state index contributed by atoms with van der Waals surface area (Å²) < 4.78 is 0. The number of nitro benzene ring substituents is 1. The van der Waals surface area contributed by atoms with Crippen LogP contribution in [0.4, 0.5) is 5.69 Å². The molecule has 0 saturated carbocycles. The molecule has 1 fully saturated rings. The van der Waals surface area contributed by atoms with Crippen LogP contribution >= 0.6 is 0 Å². The number of hydrogen-bond donors (Lipinski definition) is 2. The maximum absolute atomic E-state index is 12.4. The fourth-order valence-corrected chi connectivity index (χ4v) is 2.48. The number of benzene rings is 1. The molecule has 1 aromatic carbocycles. The van der Waals surface area contributed by atoms with Gasteiger partial charge in [-0.3, -0.25) is 14.9 Å². The summed E-state index contributed by atoms with van der Waals surface area (Å²) in [6, 6.07) is 2.94. The summed E-state index contributed by atoms with van der Waals surface area (Å²) in [6.45, 7) is 1.34. The van der Waals surface area contributed by atoms with Gasteiger partial charge in [0.2, 0.25) is 0 Å². The summed E-state index contributed by atoms with van der Waals surface area (Å²) in [5.74, 6) is -1.83. The molecule has 2 atom stereocenters. The fraction of sp³-hybridized carbons (Fsp3) is 0.385. The van der Waals surface area contributed by atoms with Crippen LogP contribution in [0, 0.1) is 17.0 Å². The van der Waals surface area contributed by atoms with Crippen LogP contribution in [0.15, 0.2) is 18.2 Å². The molecule has 1 heterocycles. The molecule has 0 aliphatic carbocycles. The summed E-state index contributed by atoms with van der Waals surface area (Å²) in [4.78, 5) is 34.9. The van der Waals surface area contributed by atoms with Crippen molar-refractivity contribution in [3.63, 3.8) is 0 Å². The molecule has 0 unspecified atom stereocenters. The Bertz CT molecular complexity index is 615. The Morgan fingerprint density at radius 2 is 2.10 bits per heavy atom. The highest BCUT2D eigenvalue weighted by Crippen LogP contribution is 2.26. The third-order valence-corrected chi connectivity index (χ3v) is 3.56. The normalized spacial score (nSPS) is 21.3. The van der Waals surface area contributed by atoms with Crippen molar-refractivity contribution in [2.24, 2.45) is 0 Å². The van der Waals surface area contributed by atoms with Crippen molar-refractivity contribution < 1.29 is 24.7 Å². The number of amides is 1. The highest BCUT2D eigenvalue weighted by molar-refractivity contribution is 5.99. The lowest BCUT2D eigenvalue weighted by Crippen LogP contribution is -2.40. The van der Waals surface area contributed by atoms with Crippen molar-refractivity contribution in [1.29, 1.82) is 0 Å². The third kappa shape index (κ3) is 2.70. The first kappa shape index (κ1) is 14.9. The van der Waals surface area contributed by atoms with E-state index in [9.17, 15) is 24.8 Å². The molecule has 1 amide bonds. The first-order valence-electron chi connectivity index (χ1n) is 6.28. The molecule has 0 aromatic heterocycles. The molecule has 112 valence electrons. The van der Waals surface area contributed by atoms with Crippen LogP contribution < -0.4 is 0 Å². The molecular weight excluding hydrogens is 280 g/mol. The topological polar surface area (TPSA) is 121 Å². The van der Waals surface area contributed by atoms with E-state index in [-0.39, 0.29) is 29.8 Å². The lowest BCUT2D eigenvalue weighted by molar-refractivity contribution is -0.385. The second-order valence-electron chi connectivity index (χ2n) is 4.91. The van der Waals surface area contributed by atoms with E-state index in [2.05, 4.69) is 0 Å². The second kappa shape index (κ2) is 5.49. The molecule has 1 aliphatic rings. The SMILES string of the molecule is Cc1c(C(=O)N2C[C@H](O)C[C@@H]2C(=O)O)cccc1[N+](=O)[O-]. The van der Waals surface area contributed by atoms with E-state index in [1.165, 1.54) is 25.1 Å². The van der Waals surface area contributed by atoms with Crippen LogP contribution in [-0.4, -0.2) is 50.6 Å². The Kier molecular flexibility index (Phi) is 3.90. The largest absolute Gasteiger partial charge is 0.480 e. The number of nitro groups is 1. The number of carbonyl (C=O) groups is 2. The van der Waals surface area contributed by atoms with Crippen LogP contribution in [0.1, 0.15) is 22.3 Å². The lowest BCUT2D eigenvalue weighted by atomic mass is 10.1. The minimum absolute atomic E-state index is 0.0466. The molecule has 0 bridgehead atoms. The summed E-state index contributed by atoms with van der Waals surface area (Å²) in [5.41, 5.74) is 0.0510. The van der Waals surface area contributed by atoms with E-state index in [0.717, 1.165) is 4.90 Å². The van der Waals surface area contributed by atoms with Crippen LogP contribution in [0.5, 0.6) is 0 Å². The predicted molar refractivity (Wildman–Crippen MR) is 70.9 cm³/mol. The maximum Gasteiger partial charge on any atom is 0.326 e. The Balaban J connectivity index is 2.38. The Morgan fingerprint density at radius 1 is 1.43 bits per heavy atom. The van der Waals surface area contributed by atoms with E-state index >= 15 is 0 Å². The Labute approximate surface area is 119 Å². The van der Waals surface area contributed by atoms with E-state index in [1.807, 2.05) is 0 Å². The number of nitrogens with zero attached hydrogens (tertiary/aromatic N) is 2. The summed E-state index contributed by atoms with van der Waals surface area (Å²) in [7, 11) is 0. The summed E-state index contributed by atoms with van der Waals surface area (Å²) >= 11 is 0. The maximum atomic E-state index is 12.4. The van der Waals surface area contributed by atoms with Gasteiger partial charge in [0, 0.05) is 30.2 Å². The van der Waals surface area contributed by atoms with E-state index in [4.69, 9.17) is 5.11 Å². The van der Waals surface area contributed by atoms with Crippen LogP contribution in [0.25, 0.3) is 0 Å². The van der Waals surface area contributed by atoms with Crippen molar-refractivity contribution in [1.82, 2.24) is 4.90 Å². The minimum Gasteiger partial charge on any atom is -0.480 e. The van der Waals surface area contributed by atoms with Crippen molar-refractivity contribution in [2.45, 2.75) is 25.5 Å². The molecule has 1 saturated heterocycles. The molecular formula is C13H14N2O6. The van der Waals surface area contributed by atoms with Gasteiger partial charge in [-0.1, -0.05) is 6.07 Å². The van der Waals surface area contributed by atoms with Crippen LogP contribution in [0.2, 0.25) is 0 Å². The Hall–Kier alpha value is -2.48. The number of aliphatic hydroxyl groups is 1. The van der Waals surface area contributed by atoms with Gasteiger partial charge in [-0.2, -0.15) is 0 Å². The zero-order valence-electron chi connectivity index (χ0n) is 11.2. The number of carboxylic acid groups (broad SMARTS) is 1. The van der Waals surface area contributed by atoms with Gasteiger partial charge >= 0.3 is 5.97 Å². The molecule has 8 heteroatoms. The zero-order valence-corrected chi connectivity index (χ0v) is 11.2. The van der Waals surface area contributed by atoms with Gasteiger partial charge < -0.3 is 15.1 Å². The number of hydrogen-bond acceptors (Lipinski definition) is 5. The third-order valence-electron chi connectivity index (χ3n) is 3.56. The average molecular weight is 294 g/mol. The number of β-amino-alcohol motifs (C(OH)–C–C–N with tert-alkyl or cyclic N) is 1. The van der Waals surface area contributed by atoms with Crippen molar-refractivity contribution in [3.8, 4) is 0 Å². The quantitative estimate of drug-likeness (QED) is 0.620. The molecule has 1 aromatic rings. The average Bonchev–Trinajstić information content (AvgIpc) is 2.80. The number of aliphatic carboxylic acids is 1. The number of aliphatic hydroxyl groups excluding tert-OH is 1. The highest BCUT2D eigenvalue weighted by atomic mass is 16.6. The van der Waals surface area contributed by atoms with Crippen molar-refractivity contribution in [3.05, 3.63) is 39.4 Å². The Morgan fingerprint density at radius 3 is 2.67 bits per heavy atom. The van der Waals surface area contributed by atoms with E-state index in [1.54, 1.807) is 0 Å². The summed E-state index contributed by atoms with van der Waals surface area (Å²) in [5, 5.41) is 29.5. The first-order valence-corrected chi connectivity index (χ1v) is 6.28. The van der Waals surface area contributed by atoms with Gasteiger partial charge in [-0.15, -0.1) is 0 Å². The smallest absolute Gasteiger partial charge is 0.326 e. The van der Waals surface area contributed by atoms with Gasteiger partial charge in [0.15, 0.2) is 0 Å².